The standard InChI is InChI=1S/C7H5BrO2/c8-7(10)5-2-1-3-6(9)4-5/h1-4,9H. The van der Waals surface area contributed by atoms with E-state index in [1.165, 1.54) is 12.1 Å². The molecule has 1 aromatic carbocycles. The Labute approximate surface area is 66.6 Å². The quantitative estimate of drug-likeness (QED) is 0.704. The maximum atomic E-state index is 10.6. The maximum absolute atomic E-state index is 10.6. The highest BCUT2D eigenvalue weighted by Gasteiger charge is 1.99. The minimum atomic E-state index is -0.219. The van der Waals surface area contributed by atoms with E-state index in [1.54, 1.807) is 12.1 Å². The number of carbonyl (C=O) groups is 1. The van der Waals surface area contributed by atoms with Crippen LogP contribution in [0.2, 0.25) is 0 Å². The van der Waals surface area contributed by atoms with Crippen LogP contribution in [0.25, 0.3) is 0 Å². The molecule has 0 aliphatic carbocycles. The highest BCUT2D eigenvalue weighted by Crippen LogP contribution is 2.12. The topological polar surface area (TPSA) is 37.3 Å². The van der Waals surface area contributed by atoms with Crippen molar-refractivity contribution < 1.29 is 9.90 Å². The van der Waals surface area contributed by atoms with Gasteiger partial charge in [0.2, 0.25) is 4.69 Å². The van der Waals surface area contributed by atoms with Gasteiger partial charge in [-0.05, 0) is 28.1 Å². The highest BCUT2D eigenvalue weighted by atomic mass is 79.9. The first-order valence-corrected chi connectivity index (χ1v) is 3.48. The summed E-state index contributed by atoms with van der Waals surface area (Å²) in [7, 11) is 0. The molecule has 0 heterocycles. The van der Waals surface area contributed by atoms with Crippen LogP contribution in [0.4, 0.5) is 0 Å². The molecule has 3 heteroatoms. The van der Waals surface area contributed by atoms with E-state index in [2.05, 4.69) is 15.9 Å². The molecule has 2 nitrogen and oxygen atoms in total. The van der Waals surface area contributed by atoms with Crippen molar-refractivity contribution in [1.29, 1.82) is 0 Å². The van der Waals surface area contributed by atoms with Gasteiger partial charge in [0, 0.05) is 5.56 Å². The Morgan fingerprint density at radius 2 is 2.20 bits per heavy atom. The summed E-state index contributed by atoms with van der Waals surface area (Å²) in [6.07, 6.45) is 0. The van der Waals surface area contributed by atoms with Crippen LogP contribution < -0.4 is 0 Å². The van der Waals surface area contributed by atoms with Crippen LogP contribution in [0.15, 0.2) is 24.3 Å². The van der Waals surface area contributed by atoms with Crippen molar-refractivity contribution >= 4 is 20.6 Å². The van der Waals surface area contributed by atoms with Crippen LogP contribution in [0.3, 0.4) is 0 Å². The van der Waals surface area contributed by atoms with Crippen LogP contribution in [0.1, 0.15) is 10.4 Å². The third-order valence-electron chi connectivity index (χ3n) is 1.07. The minimum absolute atomic E-state index is 0.102. The van der Waals surface area contributed by atoms with Crippen LogP contribution >= 0.6 is 15.9 Å². The van der Waals surface area contributed by atoms with Crippen molar-refractivity contribution in [3.8, 4) is 5.75 Å². The van der Waals surface area contributed by atoms with E-state index in [0.29, 0.717) is 5.56 Å². The van der Waals surface area contributed by atoms with Crippen molar-refractivity contribution in [3.63, 3.8) is 0 Å². The van der Waals surface area contributed by atoms with E-state index in [0.717, 1.165) is 0 Å². The smallest absolute Gasteiger partial charge is 0.228 e. The van der Waals surface area contributed by atoms with Crippen LogP contribution in [-0.4, -0.2) is 9.80 Å². The van der Waals surface area contributed by atoms with Gasteiger partial charge in [0.05, 0.1) is 0 Å². The fraction of sp³-hybridized carbons (Fsp3) is 0. The molecule has 1 N–H and O–H groups in total. The molecule has 1 rings (SSSR count). The molecule has 0 amide bonds. The van der Waals surface area contributed by atoms with Crippen LogP contribution in [0.5, 0.6) is 5.75 Å². The Bertz CT molecular complexity index is 258. The van der Waals surface area contributed by atoms with Crippen molar-refractivity contribution in [3.05, 3.63) is 29.8 Å². The molecule has 0 aliphatic rings. The Morgan fingerprint density at radius 1 is 1.50 bits per heavy atom. The van der Waals surface area contributed by atoms with Gasteiger partial charge < -0.3 is 5.11 Å². The summed E-state index contributed by atoms with van der Waals surface area (Å²) in [5.41, 5.74) is 0.458. The number of phenols is 1. The fourth-order valence-corrected chi connectivity index (χ4v) is 0.875. The van der Waals surface area contributed by atoms with Gasteiger partial charge >= 0.3 is 0 Å². The van der Waals surface area contributed by atoms with Crippen LogP contribution in [0, 0.1) is 0 Å². The summed E-state index contributed by atoms with van der Waals surface area (Å²) >= 11 is 2.77. The lowest BCUT2D eigenvalue weighted by atomic mass is 10.2. The van der Waals surface area contributed by atoms with Crippen molar-refractivity contribution in [2.45, 2.75) is 0 Å². The Hall–Kier alpha value is -0.830. The number of hydrogen-bond acceptors (Lipinski definition) is 2. The molecule has 1 aromatic rings. The largest absolute Gasteiger partial charge is 0.508 e. The van der Waals surface area contributed by atoms with E-state index in [1.807, 2.05) is 0 Å². The second-order valence-electron chi connectivity index (χ2n) is 1.82. The van der Waals surface area contributed by atoms with Crippen molar-refractivity contribution in [2.24, 2.45) is 0 Å². The molecule has 0 saturated carbocycles. The Balaban J connectivity index is 3.07. The van der Waals surface area contributed by atoms with E-state index < -0.39 is 0 Å². The first-order valence-electron chi connectivity index (χ1n) is 2.69. The molecule has 0 aromatic heterocycles. The zero-order valence-electron chi connectivity index (χ0n) is 5.04. The second-order valence-corrected chi connectivity index (χ2v) is 2.54. The summed E-state index contributed by atoms with van der Waals surface area (Å²) in [5, 5.41) is 8.89. The van der Waals surface area contributed by atoms with Gasteiger partial charge in [-0.2, -0.15) is 0 Å². The molecule has 0 spiro atoms. The van der Waals surface area contributed by atoms with E-state index in [4.69, 9.17) is 5.11 Å². The molecule has 0 atom stereocenters. The third kappa shape index (κ3) is 1.57. The molecule has 10 heavy (non-hydrogen) atoms. The molecule has 0 radical (unpaired) electrons. The third-order valence-corrected chi connectivity index (χ3v) is 1.53. The number of hydrogen-bond donors (Lipinski definition) is 1. The first-order chi connectivity index (χ1) is 4.70. The van der Waals surface area contributed by atoms with E-state index >= 15 is 0 Å². The molecule has 0 unspecified atom stereocenters. The highest BCUT2D eigenvalue weighted by molar-refractivity contribution is 9.18. The first kappa shape index (κ1) is 7.28. The Morgan fingerprint density at radius 3 is 2.60 bits per heavy atom. The summed E-state index contributed by atoms with van der Waals surface area (Å²) in [5.74, 6) is 0.102. The molecular formula is C7H5BrO2. The van der Waals surface area contributed by atoms with Gasteiger partial charge in [0.15, 0.2) is 0 Å². The van der Waals surface area contributed by atoms with Gasteiger partial charge in [0.1, 0.15) is 5.75 Å². The predicted molar refractivity (Wildman–Crippen MR) is 41.4 cm³/mol. The summed E-state index contributed by atoms with van der Waals surface area (Å²) in [6, 6.07) is 6.15. The second kappa shape index (κ2) is 2.84. The maximum Gasteiger partial charge on any atom is 0.228 e. The number of halogens is 1. The number of rotatable bonds is 1. The molecule has 52 valence electrons. The van der Waals surface area contributed by atoms with Crippen molar-refractivity contribution in [1.82, 2.24) is 0 Å². The van der Waals surface area contributed by atoms with Gasteiger partial charge in [-0.15, -0.1) is 0 Å². The Kier molecular flexibility index (Phi) is 2.06. The molecular weight excluding hydrogens is 196 g/mol. The summed E-state index contributed by atoms with van der Waals surface area (Å²) < 4.78 is -0.219. The SMILES string of the molecule is O=C(Br)c1cccc(O)c1. The monoisotopic (exact) mass is 200 g/mol. The predicted octanol–water partition coefficient (Wildman–Crippen LogP) is 1.93. The number of carbonyl (C=O) groups excluding carboxylic acids is 1. The van der Waals surface area contributed by atoms with Crippen LogP contribution in [-0.2, 0) is 0 Å². The lowest BCUT2D eigenvalue weighted by Crippen LogP contribution is -1.85. The molecule has 0 fully saturated rings. The zero-order chi connectivity index (χ0) is 7.56. The lowest BCUT2D eigenvalue weighted by Gasteiger charge is -1.92. The van der Waals surface area contributed by atoms with Gasteiger partial charge in [-0.25, -0.2) is 0 Å². The fourth-order valence-electron chi connectivity index (χ4n) is 0.628. The summed E-state index contributed by atoms with van der Waals surface area (Å²) in [4.78, 5) is 10.6. The van der Waals surface area contributed by atoms with E-state index in [-0.39, 0.29) is 10.4 Å². The lowest BCUT2D eigenvalue weighted by molar-refractivity contribution is 0.109. The molecule has 0 saturated heterocycles. The van der Waals surface area contributed by atoms with E-state index in [9.17, 15) is 4.79 Å². The minimum Gasteiger partial charge on any atom is -0.508 e. The zero-order valence-corrected chi connectivity index (χ0v) is 6.63. The molecule has 0 aliphatic heterocycles. The number of aromatic hydroxyl groups is 1. The van der Waals surface area contributed by atoms with Gasteiger partial charge in [0.25, 0.3) is 0 Å². The van der Waals surface area contributed by atoms with Gasteiger partial charge in [-0.1, -0.05) is 12.1 Å². The van der Waals surface area contributed by atoms with Gasteiger partial charge in [-0.3, -0.25) is 4.79 Å². The molecule has 0 bridgehead atoms. The summed E-state index contributed by atoms with van der Waals surface area (Å²) in [6.45, 7) is 0. The normalized spacial score (nSPS) is 9.30. The average Bonchev–Trinajstić information content (AvgIpc) is 1.88. The number of benzene rings is 1. The number of phenolic OH excluding ortho intramolecular Hbond substituents is 1. The average molecular weight is 201 g/mol. The van der Waals surface area contributed by atoms with Crippen molar-refractivity contribution in [2.75, 3.05) is 0 Å².